The van der Waals surface area contributed by atoms with Gasteiger partial charge in [0.05, 0.1) is 12.0 Å². The molecule has 1 heterocycles. The largest absolute Gasteiger partial charge is 0.463 e. The first kappa shape index (κ1) is 15.5. The van der Waals surface area contributed by atoms with E-state index in [1.807, 2.05) is 13.8 Å². The molecule has 0 aromatic heterocycles. The van der Waals surface area contributed by atoms with Gasteiger partial charge in [0.2, 0.25) is 0 Å². The molecule has 0 saturated carbocycles. The van der Waals surface area contributed by atoms with E-state index in [2.05, 4.69) is 18.7 Å². The van der Waals surface area contributed by atoms with Crippen molar-refractivity contribution < 1.29 is 9.53 Å². The van der Waals surface area contributed by atoms with E-state index in [-0.39, 0.29) is 18.0 Å². The molecule has 0 aliphatic carbocycles. The fraction of sp³-hybridized carbons (Fsp3) is 0.933. The molecule has 1 rings (SSSR count). The average molecular weight is 255 g/mol. The third kappa shape index (κ3) is 4.60. The fourth-order valence-corrected chi connectivity index (χ4v) is 2.84. The second kappa shape index (κ2) is 7.78. The molecule has 0 aromatic carbocycles. The zero-order valence-corrected chi connectivity index (χ0v) is 12.4. The smallest absolute Gasteiger partial charge is 0.310 e. The molecule has 1 saturated heterocycles. The molecule has 106 valence electrons. The normalized spacial score (nSPS) is 23.1. The Kier molecular flexibility index (Phi) is 6.69. The van der Waals surface area contributed by atoms with Gasteiger partial charge < -0.3 is 4.74 Å². The first-order valence-corrected chi connectivity index (χ1v) is 7.53. The standard InChI is InChI=1S/C15H29NO2/c1-5-8-14(6-2)16-10-7-9-13(11-16)15(17)18-12(3)4/h12-14H,5-11H2,1-4H3/t13-,14?/m1/s1. The van der Waals surface area contributed by atoms with Gasteiger partial charge in [0.15, 0.2) is 0 Å². The van der Waals surface area contributed by atoms with Crippen molar-refractivity contribution in [1.82, 2.24) is 4.90 Å². The van der Waals surface area contributed by atoms with Crippen molar-refractivity contribution in [3.8, 4) is 0 Å². The topological polar surface area (TPSA) is 29.5 Å². The van der Waals surface area contributed by atoms with Gasteiger partial charge in [0.1, 0.15) is 0 Å². The molecule has 0 amide bonds. The third-order valence-electron chi connectivity index (χ3n) is 3.75. The summed E-state index contributed by atoms with van der Waals surface area (Å²) < 4.78 is 5.35. The van der Waals surface area contributed by atoms with Gasteiger partial charge >= 0.3 is 5.97 Å². The molecule has 3 heteroatoms. The Hall–Kier alpha value is -0.570. The zero-order chi connectivity index (χ0) is 13.5. The molecule has 1 aliphatic heterocycles. The summed E-state index contributed by atoms with van der Waals surface area (Å²) in [4.78, 5) is 14.5. The summed E-state index contributed by atoms with van der Waals surface area (Å²) in [5.74, 6) is 0.0908. The second-order valence-electron chi connectivity index (χ2n) is 5.67. The minimum absolute atomic E-state index is 0.000974. The maximum absolute atomic E-state index is 12.0. The van der Waals surface area contributed by atoms with Crippen LogP contribution in [0.4, 0.5) is 0 Å². The highest BCUT2D eigenvalue weighted by Gasteiger charge is 2.30. The van der Waals surface area contributed by atoms with E-state index in [9.17, 15) is 4.79 Å². The van der Waals surface area contributed by atoms with Crippen LogP contribution in [0.1, 0.15) is 59.8 Å². The van der Waals surface area contributed by atoms with Gasteiger partial charge in [-0.1, -0.05) is 20.3 Å². The molecular weight excluding hydrogens is 226 g/mol. The van der Waals surface area contributed by atoms with Crippen LogP contribution in [0.3, 0.4) is 0 Å². The van der Waals surface area contributed by atoms with Crippen molar-refractivity contribution in [2.24, 2.45) is 5.92 Å². The Bertz CT molecular complexity index is 253. The number of hydrogen-bond donors (Lipinski definition) is 0. The lowest BCUT2D eigenvalue weighted by Gasteiger charge is -2.37. The van der Waals surface area contributed by atoms with Crippen molar-refractivity contribution in [3.05, 3.63) is 0 Å². The van der Waals surface area contributed by atoms with Gasteiger partial charge in [-0.05, 0) is 46.1 Å². The van der Waals surface area contributed by atoms with E-state index >= 15 is 0 Å². The van der Waals surface area contributed by atoms with Crippen LogP contribution in [0.5, 0.6) is 0 Å². The maximum Gasteiger partial charge on any atom is 0.310 e. The molecule has 2 atom stereocenters. The number of rotatable bonds is 6. The van der Waals surface area contributed by atoms with Gasteiger partial charge in [0.25, 0.3) is 0 Å². The summed E-state index contributed by atoms with van der Waals surface area (Å²) in [7, 11) is 0. The molecular formula is C15H29NO2. The fourth-order valence-electron chi connectivity index (χ4n) is 2.84. The van der Waals surface area contributed by atoms with Crippen molar-refractivity contribution in [3.63, 3.8) is 0 Å². The summed E-state index contributed by atoms with van der Waals surface area (Å²) in [5, 5.41) is 0. The van der Waals surface area contributed by atoms with Crippen LogP contribution < -0.4 is 0 Å². The van der Waals surface area contributed by atoms with E-state index in [1.165, 1.54) is 19.3 Å². The van der Waals surface area contributed by atoms with Gasteiger partial charge in [-0.3, -0.25) is 9.69 Å². The van der Waals surface area contributed by atoms with E-state index in [0.29, 0.717) is 6.04 Å². The van der Waals surface area contributed by atoms with Gasteiger partial charge in [-0.25, -0.2) is 0 Å². The van der Waals surface area contributed by atoms with Gasteiger partial charge in [0, 0.05) is 12.6 Å². The molecule has 1 fully saturated rings. The highest BCUT2D eigenvalue weighted by molar-refractivity contribution is 5.73. The van der Waals surface area contributed by atoms with E-state index < -0.39 is 0 Å². The number of likely N-dealkylation sites (tertiary alicyclic amines) is 1. The summed E-state index contributed by atoms with van der Waals surface area (Å²) in [6.07, 6.45) is 5.76. The molecule has 3 nitrogen and oxygen atoms in total. The Labute approximate surface area is 112 Å². The predicted octanol–water partition coefficient (Wildman–Crippen LogP) is 3.23. The Balaban J connectivity index is 2.51. The number of piperidine rings is 1. The van der Waals surface area contributed by atoms with Gasteiger partial charge in [-0.2, -0.15) is 0 Å². The minimum Gasteiger partial charge on any atom is -0.463 e. The molecule has 0 bridgehead atoms. The number of nitrogens with zero attached hydrogens (tertiary/aromatic N) is 1. The number of ether oxygens (including phenoxy) is 1. The average Bonchev–Trinajstić information content (AvgIpc) is 2.35. The summed E-state index contributed by atoms with van der Waals surface area (Å²) in [6, 6.07) is 0.643. The monoisotopic (exact) mass is 255 g/mol. The zero-order valence-electron chi connectivity index (χ0n) is 12.4. The molecule has 1 aliphatic rings. The number of esters is 1. The minimum atomic E-state index is 0.000974. The number of hydrogen-bond acceptors (Lipinski definition) is 3. The molecule has 0 spiro atoms. The lowest BCUT2D eigenvalue weighted by atomic mass is 9.95. The first-order valence-electron chi connectivity index (χ1n) is 7.53. The van der Waals surface area contributed by atoms with E-state index in [4.69, 9.17) is 4.74 Å². The highest BCUT2D eigenvalue weighted by atomic mass is 16.5. The quantitative estimate of drug-likeness (QED) is 0.682. The molecule has 0 radical (unpaired) electrons. The van der Waals surface area contributed by atoms with Crippen LogP contribution in [0.15, 0.2) is 0 Å². The predicted molar refractivity (Wildman–Crippen MR) is 74.5 cm³/mol. The lowest BCUT2D eigenvalue weighted by molar-refractivity contribution is -0.154. The van der Waals surface area contributed by atoms with E-state index in [1.54, 1.807) is 0 Å². The van der Waals surface area contributed by atoms with Crippen LogP contribution >= 0.6 is 0 Å². The van der Waals surface area contributed by atoms with Crippen LogP contribution in [-0.2, 0) is 9.53 Å². The Morgan fingerprint density at radius 2 is 2.11 bits per heavy atom. The summed E-state index contributed by atoms with van der Waals surface area (Å²) >= 11 is 0. The third-order valence-corrected chi connectivity index (χ3v) is 3.75. The number of carbonyl (C=O) groups excluding carboxylic acids is 1. The molecule has 1 unspecified atom stereocenters. The highest BCUT2D eigenvalue weighted by Crippen LogP contribution is 2.23. The lowest BCUT2D eigenvalue weighted by Crippen LogP contribution is -2.45. The van der Waals surface area contributed by atoms with Crippen molar-refractivity contribution in [2.45, 2.75) is 71.9 Å². The maximum atomic E-state index is 12.0. The van der Waals surface area contributed by atoms with Crippen molar-refractivity contribution in [1.29, 1.82) is 0 Å². The van der Waals surface area contributed by atoms with Crippen LogP contribution in [0.25, 0.3) is 0 Å². The molecule has 0 aromatic rings. The van der Waals surface area contributed by atoms with Crippen LogP contribution in [0.2, 0.25) is 0 Å². The Morgan fingerprint density at radius 3 is 2.67 bits per heavy atom. The van der Waals surface area contributed by atoms with Crippen LogP contribution in [-0.4, -0.2) is 36.1 Å². The number of carbonyl (C=O) groups is 1. The van der Waals surface area contributed by atoms with Crippen LogP contribution in [0, 0.1) is 5.92 Å². The summed E-state index contributed by atoms with van der Waals surface area (Å²) in [6.45, 7) is 10.4. The summed E-state index contributed by atoms with van der Waals surface area (Å²) in [5.41, 5.74) is 0. The van der Waals surface area contributed by atoms with Crippen molar-refractivity contribution >= 4 is 5.97 Å². The first-order chi connectivity index (χ1) is 8.58. The van der Waals surface area contributed by atoms with Crippen molar-refractivity contribution in [2.75, 3.05) is 13.1 Å². The van der Waals surface area contributed by atoms with Gasteiger partial charge in [-0.15, -0.1) is 0 Å². The molecule has 0 N–H and O–H groups in total. The second-order valence-corrected chi connectivity index (χ2v) is 5.67. The SMILES string of the molecule is CCCC(CC)N1CCC[C@@H](C(=O)OC(C)C)C1. The molecule has 18 heavy (non-hydrogen) atoms. The van der Waals surface area contributed by atoms with E-state index in [0.717, 1.165) is 25.9 Å². The Morgan fingerprint density at radius 1 is 1.39 bits per heavy atom.